The van der Waals surface area contributed by atoms with Crippen molar-refractivity contribution in [3.63, 3.8) is 0 Å². The molecule has 3 N–H and O–H groups in total. The number of nitrogens with zero attached hydrogens (tertiary/aromatic N) is 5. The van der Waals surface area contributed by atoms with E-state index in [1.807, 2.05) is 0 Å². The molecule has 6 radical (unpaired) electrons. The van der Waals surface area contributed by atoms with Gasteiger partial charge < -0.3 is 34.8 Å². The molecule has 41 heavy (non-hydrogen) atoms. The number of hydrogen-bond donors (Lipinski definition) is 3. The summed E-state index contributed by atoms with van der Waals surface area (Å²) in [4.78, 5) is 43.8. The minimum absolute atomic E-state index is 0.0877. The molecule has 2 fully saturated rings. The van der Waals surface area contributed by atoms with Gasteiger partial charge in [0.25, 0.3) is 5.91 Å². The van der Waals surface area contributed by atoms with Crippen LogP contribution < -0.4 is 20.7 Å². The molecular formula is C24H23B3N8O6. The van der Waals surface area contributed by atoms with Crippen LogP contribution in [0.4, 0.5) is 17.2 Å². The number of para-hydroxylation sites is 1. The zero-order valence-electron chi connectivity index (χ0n) is 22.0. The van der Waals surface area contributed by atoms with Crippen molar-refractivity contribution < 1.29 is 28.4 Å². The normalized spacial score (nSPS) is 15.2. The number of benzene rings is 1. The number of nitrogens with one attached hydrogen (secondary N) is 3. The second kappa shape index (κ2) is 11.6. The van der Waals surface area contributed by atoms with E-state index in [9.17, 15) is 14.4 Å². The van der Waals surface area contributed by atoms with Gasteiger partial charge in [-0.25, -0.2) is 0 Å². The number of rotatable bonds is 9. The molecule has 14 nitrogen and oxygen atoms in total. The van der Waals surface area contributed by atoms with Crippen LogP contribution in [0.3, 0.4) is 0 Å². The fourth-order valence-corrected chi connectivity index (χ4v) is 4.04. The van der Waals surface area contributed by atoms with E-state index in [1.165, 1.54) is 13.2 Å². The van der Waals surface area contributed by atoms with Crippen molar-refractivity contribution in [1.82, 2.24) is 30.6 Å². The van der Waals surface area contributed by atoms with E-state index >= 15 is 0 Å². The van der Waals surface area contributed by atoms with Gasteiger partial charge in [0.15, 0.2) is 17.3 Å². The van der Waals surface area contributed by atoms with Crippen LogP contribution in [0.1, 0.15) is 34.0 Å². The lowest BCUT2D eigenvalue weighted by Crippen LogP contribution is -2.50. The van der Waals surface area contributed by atoms with E-state index in [4.69, 9.17) is 37.5 Å². The van der Waals surface area contributed by atoms with Crippen molar-refractivity contribution in [2.75, 3.05) is 44.0 Å². The first-order valence-electron chi connectivity index (χ1n) is 12.7. The average Bonchev–Trinajstić information content (AvgIpc) is 3.69. The Morgan fingerprint density at radius 2 is 1.85 bits per heavy atom. The largest absolute Gasteiger partial charge is 0.494 e. The van der Waals surface area contributed by atoms with Crippen molar-refractivity contribution in [2.24, 2.45) is 5.92 Å². The van der Waals surface area contributed by atoms with Crippen LogP contribution in [-0.2, 0) is 9.53 Å². The Kier molecular flexibility index (Phi) is 7.97. The molecule has 1 aliphatic heterocycles. The summed E-state index contributed by atoms with van der Waals surface area (Å²) in [5.74, 6) is -1.23. The van der Waals surface area contributed by atoms with Gasteiger partial charge in [0.05, 0.1) is 60.8 Å². The SMILES string of the molecule is [B]C([B])([B])NC(=O)c1nnc(NC(=O)C2CC2)cc1Nc1cccc(-c2noc(C(=O)N3CCOCC3)n2)c1OC. The molecule has 2 aromatic heterocycles. The molecule has 1 saturated carbocycles. The van der Waals surface area contributed by atoms with Crippen molar-refractivity contribution in [3.05, 3.63) is 35.9 Å². The lowest BCUT2D eigenvalue weighted by atomic mass is 9.49. The second-order valence-corrected chi connectivity index (χ2v) is 9.48. The molecule has 1 aromatic carbocycles. The molecule has 1 saturated heterocycles. The van der Waals surface area contributed by atoms with Gasteiger partial charge in [-0.2, -0.15) is 4.98 Å². The predicted molar refractivity (Wildman–Crippen MR) is 147 cm³/mol. The van der Waals surface area contributed by atoms with E-state index in [0.717, 1.165) is 12.8 Å². The summed E-state index contributed by atoms with van der Waals surface area (Å²) in [5.41, 5.74) is 0.657. The number of ether oxygens (including phenoxy) is 2. The number of aromatic nitrogens is 4. The van der Waals surface area contributed by atoms with Crippen molar-refractivity contribution >= 4 is 58.5 Å². The maximum absolute atomic E-state index is 12.9. The number of amides is 3. The van der Waals surface area contributed by atoms with E-state index in [2.05, 4.69) is 36.3 Å². The molecule has 0 spiro atoms. The molecule has 2 aliphatic rings. The summed E-state index contributed by atoms with van der Waals surface area (Å²) in [6, 6.07) is 6.43. The molecule has 3 aromatic rings. The summed E-state index contributed by atoms with van der Waals surface area (Å²) in [6.45, 7) is 1.68. The quantitative estimate of drug-likeness (QED) is 0.304. The third-order valence-corrected chi connectivity index (χ3v) is 6.18. The molecule has 0 atom stereocenters. The Balaban J connectivity index is 1.46. The third kappa shape index (κ3) is 6.68. The summed E-state index contributed by atoms with van der Waals surface area (Å²) < 4.78 is 16.2. The first kappa shape index (κ1) is 28.1. The third-order valence-electron chi connectivity index (χ3n) is 6.18. The van der Waals surface area contributed by atoms with Crippen LogP contribution in [0.2, 0.25) is 0 Å². The minimum atomic E-state index is -2.03. The van der Waals surface area contributed by atoms with Gasteiger partial charge in [-0.3, -0.25) is 14.4 Å². The first-order chi connectivity index (χ1) is 19.6. The number of morpholine rings is 1. The number of anilines is 3. The molecule has 204 valence electrons. The standard InChI is InChI=1S/C24H23B3N8O6/c1-39-18-13(19-30-22(41-34-19)23(38)35-7-9-40-10-8-35)3-2-4-14(18)28-15-11-16(29-20(36)12-5-6-12)32-33-17(15)21(37)31-24(25,26)27/h2-4,11-12H,5-10H2,1H3,(H,31,37)(H2,28,29,32,36). The van der Waals surface area contributed by atoms with Gasteiger partial charge in [0, 0.05) is 25.1 Å². The second-order valence-electron chi connectivity index (χ2n) is 9.48. The van der Waals surface area contributed by atoms with Crippen LogP contribution in [0.25, 0.3) is 11.4 Å². The molecule has 0 bridgehead atoms. The van der Waals surface area contributed by atoms with Gasteiger partial charge in [-0.05, 0) is 25.0 Å². The highest BCUT2D eigenvalue weighted by Crippen LogP contribution is 2.37. The highest BCUT2D eigenvalue weighted by Gasteiger charge is 2.31. The van der Waals surface area contributed by atoms with Gasteiger partial charge in [-0.15, -0.1) is 10.2 Å². The summed E-state index contributed by atoms with van der Waals surface area (Å²) in [7, 11) is 18.0. The number of methoxy groups -OCH3 is 1. The summed E-state index contributed by atoms with van der Waals surface area (Å²) >= 11 is 0. The Hall–Kier alpha value is -4.40. The monoisotopic (exact) mass is 552 g/mol. The zero-order chi connectivity index (χ0) is 29.1. The van der Waals surface area contributed by atoms with Gasteiger partial charge >= 0.3 is 11.8 Å². The minimum Gasteiger partial charge on any atom is -0.494 e. The Labute approximate surface area is 238 Å². The summed E-state index contributed by atoms with van der Waals surface area (Å²) in [5, 5.41) is 17.8. The van der Waals surface area contributed by atoms with Crippen LogP contribution in [0.15, 0.2) is 28.8 Å². The van der Waals surface area contributed by atoms with E-state index < -0.39 is 17.1 Å². The van der Waals surface area contributed by atoms with Gasteiger partial charge in [0.2, 0.25) is 11.7 Å². The van der Waals surface area contributed by atoms with Gasteiger partial charge in [-0.1, -0.05) is 16.5 Å². The highest BCUT2D eigenvalue weighted by atomic mass is 16.5. The molecule has 17 heteroatoms. The zero-order valence-corrected chi connectivity index (χ0v) is 22.0. The highest BCUT2D eigenvalue weighted by molar-refractivity contribution is 6.60. The molecule has 1 aliphatic carbocycles. The van der Waals surface area contributed by atoms with Crippen LogP contribution in [0.5, 0.6) is 5.75 Å². The van der Waals surface area contributed by atoms with Crippen LogP contribution in [0, 0.1) is 5.92 Å². The van der Waals surface area contributed by atoms with Crippen molar-refractivity contribution in [1.29, 1.82) is 0 Å². The molecule has 0 unspecified atom stereocenters. The smallest absolute Gasteiger partial charge is 0.316 e. The molecule has 3 heterocycles. The number of carbonyl (C=O) groups excluding carboxylic acids is 3. The van der Waals surface area contributed by atoms with Crippen molar-refractivity contribution in [2.45, 2.75) is 18.1 Å². The number of carbonyl (C=O) groups is 3. The van der Waals surface area contributed by atoms with Crippen LogP contribution >= 0.6 is 0 Å². The first-order valence-corrected chi connectivity index (χ1v) is 12.7. The van der Waals surface area contributed by atoms with E-state index in [-0.39, 0.29) is 46.5 Å². The van der Waals surface area contributed by atoms with Gasteiger partial charge in [0.1, 0.15) is 0 Å². The fourth-order valence-electron chi connectivity index (χ4n) is 4.04. The predicted octanol–water partition coefficient (Wildman–Crippen LogP) is -0.0537. The molecular weight excluding hydrogens is 529 g/mol. The van der Waals surface area contributed by atoms with Crippen LogP contribution in [-0.4, -0.2) is 105 Å². The Morgan fingerprint density at radius 3 is 2.54 bits per heavy atom. The average molecular weight is 552 g/mol. The Morgan fingerprint density at radius 1 is 1.10 bits per heavy atom. The van der Waals surface area contributed by atoms with E-state index in [0.29, 0.717) is 37.6 Å². The lowest BCUT2D eigenvalue weighted by Gasteiger charge is -2.25. The van der Waals surface area contributed by atoms with Crippen molar-refractivity contribution in [3.8, 4) is 17.1 Å². The lowest BCUT2D eigenvalue weighted by molar-refractivity contribution is -0.117. The topological polar surface area (TPSA) is 174 Å². The van der Waals surface area contributed by atoms with E-state index in [1.54, 1.807) is 23.1 Å². The number of hydrogen-bond acceptors (Lipinski definition) is 11. The maximum Gasteiger partial charge on any atom is 0.316 e. The Bertz CT molecular complexity index is 1470. The summed E-state index contributed by atoms with van der Waals surface area (Å²) in [6.07, 6.45) is 1.58. The maximum atomic E-state index is 12.9. The molecule has 5 rings (SSSR count). The molecule has 3 amide bonds. The fraction of sp³-hybridized carbons (Fsp3) is 0.375.